The van der Waals surface area contributed by atoms with Crippen molar-refractivity contribution in [2.75, 3.05) is 25.6 Å². The summed E-state index contributed by atoms with van der Waals surface area (Å²) in [5.74, 6) is -0.0550. The lowest BCUT2D eigenvalue weighted by Crippen LogP contribution is -2.25. The maximum atomic E-state index is 13.5. The average molecular weight is 305 g/mol. The summed E-state index contributed by atoms with van der Waals surface area (Å²) in [5, 5.41) is 3.03. The van der Waals surface area contributed by atoms with Crippen molar-refractivity contribution in [3.63, 3.8) is 0 Å². The summed E-state index contributed by atoms with van der Waals surface area (Å²) < 4.78 is 19.2. The molecule has 17 heavy (non-hydrogen) atoms. The van der Waals surface area contributed by atoms with Gasteiger partial charge in [-0.05, 0) is 33.8 Å². The molecule has 0 amide bonds. The summed E-state index contributed by atoms with van der Waals surface area (Å²) in [4.78, 5) is 4.00. The molecule has 0 fully saturated rings. The number of ether oxygens (including phenoxy) is 1. The Kier molecular flexibility index (Phi) is 5.33. The maximum absolute atomic E-state index is 13.5. The van der Waals surface area contributed by atoms with Gasteiger partial charge in [-0.15, -0.1) is 0 Å². The van der Waals surface area contributed by atoms with Crippen LogP contribution in [0.3, 0.4) is 0 Å². The summed E-state index contributed by atoms with van der Waals surface area (Å²) in [6, 6.07) is 1.40. The molecule has 0 atom stereocenters. The third-order valence-electron chi connectivity index (χ3n) is 2.53. The quantitative estimate of drug-likeness (QED) is 0.874. The fraction of sp³-hybridized carbons (Fsp3) is 0.583. The van der Waals surface area contributed by atoms with Gasteiger partial charge in [0.15, 0.2) is 11.6 Å². The van der Waals surface area contributed by atoms with Crippen LogP contribution in [0.2, 0.25) is 0 Å². The van der Waals surface area contributed by atoms with Crippen LogP contribution in [0.4, 0.5) is 10.2 Å². The van der Waals surface area contributed by atoms with E-state index in [1.807, 2.05) is 0 Å². The number of methoxy groups -OCH3 is 1. The summed E-state index contributed by atoms with van der Waals surface area (Å²) in [6.07, 6.45) is 2.49. The first-order valence-electron chi connectivity index (χ1n) is 5.48. The number of nitrogens with one attached hydrogen (secondary N) is 1. The normalized spacial score (nSPS) is 11.6. The first kappa shape index (κ1) is 14.4. The third-order valence-corrected chi connectivity index (χ3v) is 2.96. The number of halogens is 2. The van der Waals surface area contributed by atoms with Crippen molar-refractivity contribution in [3.05, 3.63) is 22.6 Å². The Labute approximate surface area is 110 Å². The zero-order valence-corrected chi connectivity index (χ0v) is 12.0. The van der Waals surface area contributed by atoms with Crippen LogP contribution in [0.25, 0.3) is 0 Å². The van der Waals surface area contributed by atoms with Crippen molar-refractivity contribution >= 4 is 21.7 Å². The fourth-order valence-electron chi connectivity index (χ4n) is 1.33. The fourth-order valence-corrected chi connectivity index (χ4v) is 1.64. The molecule has 0 saturated carbocycles. The number of aromatic nitrogens is 1. The van der Waals surface area contributed by atoms with Crippen molar-refractivity contribution in [1.29, 1.82) is 0 Å². The van der Waals surface area contributed by atoms with Gasteiger partial charge in [0.05, 0.1) is 0 Å². The van der Waals surface area contributed by atoms with E-state index in [0.29, 0.717) is 23.4 Å². The number of pyridine rings is 1. The lowest BCUT2D eigenvalue weighted by Gasteiger charge is -2.24. The highest BCUT2D eigenvalue weighted by atomic mass is 79.9. The molecule has 3 nitrogen and oxygen atoms in total. The molecule has 5 heteroatoms. The molecular weight excluding hydrogens is 287 g/mol. The molecule has 1 N–H and O–H groups in total. The molecule has 1 aromatic rings. The molecule has 0 bridgehead atoms. The molecule has 0 aromatic carbocycles. The monoisotopic (exact) mass is 304 g/mol. The lowest BCUT2D eigenvalue weighted by molar-refractivity contribution is 0.157. The molecule has 0 saturated heterocycles. The van der Waals surface area contributed by atoms with E-state index < -0.39 is 0 Å². The predicted molar refractivity (Wildman–Crippen MR) is 70.7 cm³/mol. The molecule has 0 aliphatic rings. The van der Waals surface area contributed by atoms with Crippen LogP contribution in [-0.4, -0.2) is 25.2 Å². The molecule has 0 aliphatic heterocycles. The van der Waals surface area contributed by atoms with E-state index in [1.165, 1.54) is 6.07 Å². The Balaban J connectivity index is 2.54. The van der Waals surface area contributed by atoms with Gasteiger partial charge < -0.3 is 10.1 Å². The summed E-state index contributed by atoms with van der Waals surface area (Å²) in [5.41, 5.74) is 0.0389. The van der Waals surface area contributed by atoms with Crippen molar-refractivity contribution in [2.45, 2.75) is 20.3 Å². The molecule has 1 heterocycles. The van der Waals surface area contributed by atoms with Gasteiger partial charge in [0.25, 0.3) is 0 Å². The minimum atomic E-state index is -0.345. The Hall–Kier alpha value is -0.680. The second-order valence-corrected chi connectivity index (χ2v) is 5.66. The van der Waals surface area contributed by atoms with Gasteiger partial charge in [0.2, 0.25) is 0 Å². The topological polar surface area (TPSA) is 34.1 Å². The van der Waals surface area contributed by atoms with Crippen molar-refractivity contribution in [3.8, 4) is 0 Å². The molecule has 0 unspecified atom stereocenters. The minimum absolute atomic E-state index is 0.0389. The van der Waals surface area contributed by atoms with Crippen LogP contribution >= 0.6 is 15.9 Å². The van der Waals surface area contributed by atoms with Crippen LogP contribution in [0.5, 0.6) is 0 Å². The maximum Gasteiger partial charge on any atom is 0.166 e. The Morgan fingerprint density at radius 2 is 2.24 bits per heavy atom. The first-order valence-corrected chi connectivity index (χ1v) is 6.28. The van der Waals surface area contributed by atoms with Crippen LogP contribution in [0.1, 0.15) is 20.3 Å². The highest BCUT2D eigenvalue weighted by Crippen LogP contribution is 2.22. The second-order valence-electron chi connectivity index (χ2n) is 4.74. The standard InChI is InChI=1S/C12H18BrFN2O/c1-12(2,4-5-17-3)8-16-11-10(14)6-9(13)7-15-11/h6-7H,4-5,8H2,1-3H3,(H,15,16). The third kappa shape index (κ3) is 5.00. The summed E-state index contributed by atoms with van der Waals surface area (Å²) in [6.45, 7) is 5.57. The zero-order chi connectivity index (χ0) is 12.9. The van der Waals surface area contributed by atoms with Gasteiger partial charge >= 0.3 is 0 Å². The largest absolute Gasteiger partial charge is 0.385 e. The number of hydrogen-bond donors (Lipinski definition) is 1. The number of nitrogens with zero attached hydrogens (tertiary/aromatic N) is 1. The van der Waals surface area contributed by atoms with Gasteiger partial charge in [-0.1, -0.05) is 13.8 Å². The molecule has 96 valence electrons. The van der Waals surface area contributed by atoms with Crippen molar-refractivity contribution in [1.82, 2.24) is 4.98 Å². The molecule has 1 rings (SSSR count). The first-order chi connectivity index (χ1) is 7.94. The van der Waals surface area contributed by atoms with Crippen molar-refractivity contribution in [2.24, 2.45) is 5.41 Å². The van der Waals surface area contributed by atoms with Crippen LogP contribution < -0.4 is 5.32 Å². The van der Waals surface area contributed by atoms with Gasteiger partial charge in [-0.25, -0.2) is 9.37 Å². The predicted octanol–water partition coefficient (Wildman–Crippen LogP) is 3.46. The van der Waals surface area contributed by atoms with Crippen LogP contribution in [-0.2, 0) is 4.74 Å². The van der Waals surface area contributed by atoms with Gasteiger partial charge in [0.1, 0.15) is 0 Å². The Morgan fingerprint density at radius 3 is 2.82 bits per heavy atom. The van der Waals surface area contributed by atoms with E-state index in [2.05, 4.69) is 40.1 Å². The Morgan fingerprint density at radius 1 is 1.53 bits per heavy atom. The van der Waals surface area contributed by atoms with E-state index in [9.17, 15) is 4.39 Å². The van der Waals surface area contributed by atoms with Gasteiger partial charge in [-0.2, -0.15) is 0 Å². The average Bonchev–Trinajstić information content (AvgIpc) is 2.25. The minimum Gasteiger partial charge on any atom is -0.385 e. The molecule has 0 spiro atoms. The molecule has 0 radical (unpaired) electrons. The number of rotatable bonds is 6. The molecule has 1 aromatic heterocycles. The van der Waals surface area contributed by atoms with Crippen molar-refractivity contribution < 1.29 is 9.13 Å². The second kappa shape index (κ2) is 6.31. The number of hydrogen-bond acceptors (Lipinski definition) is 3. The smallest absolute Gasteiger partial charge is 0.166 e. The summed E-state index contributed by atoms with van der Waals surface area (Å²) in [7, 11) is 1.68. The van der Waals surface area contributed by atoms with E-state index >= 15 is 0 Å². The number of anilines is 1. The Bertz CT molecular complexity index is 372. The van der Waals surface area contributed by atoms with E-state index in [1.54, 1.807) is 13.3 Å². The molecule has 0 aliphatic carbocycles. The SMILES string of the molecule is COCCC(C)(C)CNc1ncc(Br)cc1F. The van der Waals surface area contributed by atoms with Crippen LogP contribution in [0.15, 0.2) is 16.7 Å². The zero-order valence-electron chi connectivity index (χ0n) is 10.4. The van der Waals surface area contributed by atoms with E-state index in [0.717, 1.165) is 6.42 Å². The lowest BCUT2D eigenvalue weighted by atomic mass is 9.90. The van der Waals surface area contributed by atoms with E-state index in [-0.39, 0.29) is 11.2 Å². The summed E-state index contributed by atoms with van der Waals surface area (Å²) >= 11 is 3.17. The van der Waals surface area contributed by atoms with Gasteiger partial charge in [0, 0.05) is 30.9 Å². The van der Waals surface area contributed by atoms with E-state index in [4.69, 9.17) is 4.74 Å². The molecular formula is C12H18BrFN2O. The highest BCUT2D eigenvalue weighted by Gasteiger charge is 2.18. The van der Waals surface area contributed by atoms with Crippen LogP contribution in [0, 0.1) is 11.2 Å². The highest BCUT2D eigenvalue weighted by molar-refractivity contribution is 9.10. The van der Waals surface area contributed by atoms with Gasteiger partial charge in [-0.3, -0.25) is 0 Å².